The van der Waals surface area contributed by atoms with E-state index in [0.29, 0.717) is 6.42 Å². The molecule has 2 N–H and O–H groups in total. The molecule has 1 aromatic rings. The highest BCUT2D eigenvalue weighted by atomic mass is 16.1. The highest BCUT2D eigenvalue weighted by Crippen LogP contribution is 2.26. The molecule has 1 saturated heterocycles. The van der Waals surface area contributed by atoms with Gasteiger partial charge in [-0.3, -0.25) is 4.79 Å². The predicted molar refractivity (Wildman–Crippen MR) is 91.0 cm³/mol. The smallest absolute Gasteiger partial charge is 0.220 e. The Bertz CT molecular complexity index is 453. The molecule has 122 valence electrons. The minimum Gasteiger partial charge on any atom is -0.356 e. The Morgan fingerprint density at radius 2 is 1.91 bits per heavy atom. The van der Waals surface area contributed by atoms with E-state index in [1.807, 2.05) is 18.2 Å². The van der Waals surface area contributed by atoms with Gasteiger partial charge in [-0.2, -0.15) is 0 Å². The third-order valence-corrected chi connectivity index (χ3v) is 4.34. The van der Waals surface area contributed by atoms with Crippen molar-refractivity contribution in [1.29, 1.82) is 0 Å². The lowest BCUT2D eigenvalue weighted by Crippen LogP contribution is -2.44. The average molecular weight is 303 g/mol. The van der Waals surface area contributed by atoms with Crippen LogP contribution in [-0.2, 0) is 10.2 Å². The maximum Gasteiger partial charge on any atom is 0.220 e. The molecular formula is C18H29N3O. The van der Waals surface area contributed by atoms with Crippen molar-refractivity contribution in [2.24, 2.45) is 0 Å². The van der Waals surface area contributed by atoms with Gasteiger partial charge in [0.15, 0.2) is 0 Å². The highest BCUT2D eigenvalue weighted by molar-refractivity contribution is 5.77. The molecule has 1 aliphatic rings. The van der Waals surface area contributed by atoms with E-state index >= 15 is 0 Å². The molecule has 22 heavy (non-hydrogen) atoms. The van der Waals surface area contributed by atoms with E-state index in [-0.39, 0.29) is 11.3 Å². The van der Waals surface area contributed by atoms with Crippen LogP contribution in [0.3, 0.4) is 0 Å². The average Bonchev–Trinajstić information content (AvgIpc) is 2.53. The Morgan fingerprint density at radius 3 is 2.59 bits per heavy atom. The summed E-state index contributed by atoms with van der Waals surface area (Å²) in [6, 6.07) is 10.3. The number of hydrogen-bond acceptors (Lipinski definition) is 3. The Kier molecular flexibility index (Phi) is 6.40. The monoisotopic (exact) mass is 303 g/mol. The van der Waals surface area contributed by atoms with Gasteiger partial charge in [0.1, 0.15) is 0 Å². The number of benzene rings is 1. The number of nitrogens with zero attached hydrogens (tertiary/aromatic N) is 1. The Hall–Kier alpha value is -1.39. The van der Waals surface area contributed by atoms with Gasteiger partial charge in [0.25, 0.3) is 0 Å². The van der Waals surface area contributed by atoms with Gasteiger partial charge in [-0.05, 0) is 23.9 Å². The number of carbonyl (C=O) groups is 1. The molecule has 0 radical (unpaired) electrons. The van der Waals surface area contributed by atoms with Crippen molar-refractivity contribution in [3.63, 3.8) is 0 Å². The molecule has 4 nitrogen and oxygen atoms in total. The van der Waals surface area contributed by atoms with Gasteiger partial charge in [0.05, 0.1) is 0 Å². The summed E-state index contributed by atoms with van der Waals surface area (Å²) in [7, 11) is 0. The molecule has 1 heterocycles. The first kappa shape index (κ1) is 17.0. The number of rotatable bonds is 7. The van der Waals surface area contributed by atoms with Crippen LogP contribution in [0.5, 0.6) is 0 Å². The van der Waals surface area contributed by atoms with E-state index in [1.54, 1.807) is 0 Å². The van der Waals surface area contributed by atoms with Crippen LogP contribution in [0, 0.1) is 0 Å². The molecule has 1 aromatic carbocycles. The van der Waals surface area contributed by atoms with Crippen molar-refractivity contribution in [2.45, 2.75) is 32.1 Å². The number of hydrogen-bond donors (Lipinski definition) is 2. The molecule has 0 bridgehead atoms. The number of carbonyl (C=O) groups excluding carboxylic acids is 1. The van der Waals surface area contributed by atoms with Crippen LogP contribution in [0.1, 0.15) is 32.3 Å². The summed E-state index contributed by atoms with van der Waals surface area (Å²) >= 11 is 0. The number of nitrogens with one attached hydrogen (secondary N) is 2. The molecule has 0 unspecified atom stereocenters. The lowest BCUT2D eigenvalue weighted by Gasteiger charge is -2.27. The second-order valence-electron chi connectivity index (χ2n) is 6.72. The van der Waals surface area contributed by atoms with Gasteiger partial charge in [0.2, 0.25) is 5.91 Å². The standard InChI is InChI=1S/C18H29N3O/c1-18(2,16-7-4-3-5-8-16)15-17(22)20-9-6-12-21-13-10-19-11-14-21/h3-5,7-8,19H,6,9-15H2,1-2H3,(H,20,22). The molecule has 1 aliphatic heterocycles. The molecule has 4 heteroatoms. The van der Waals surface area contributed by atoms with Crippen molar-refractivity contribution in [1.82, 2.24) is 15.5 Å². The summed E-state index contributed by atoms with van der Waals surface area (Å²) in [5, 5.41) is 6.42. The van der Waals surface area contributed by atoms with Crippen LogP contribution in [0.15, 0.2) is 30.3 Å². The van der Waals surface area contributed by atoms with Crippen LogP contribution in [0.4, 0.5) is 0 Å². The summed E-state index contributed by atoms with van der Waals surface area (Å²) in [6.07, 6.45) is 1.56. The van der Waals surface area contributed by atoms with Crippen LogP contribution in [0.2, 0.25) is 0 Å². The molecule has 0 aromatic heterocycles. The van der Waals surface area contributed by atoms with E-state index in [0.717, 1.165) is 45.7 Å². The Balaban J connectivity index is 1.67. The zero-order chi connectivity index (χ0) is 15.8. The second kappa shape index (κ2) is 8.30. The van der Waals surface area contributed by atoms with E-state index in [1.165, 1.54) is 5.56 Å². The van der Waals surface area contributed by atoms with Crippen molar-refractivity contribution < 1.29 is 4.79 Å². The maximum atomic E-state index is 12.1. The number of piperazine rings is 1. The van der Waals surface area contributed by atoms with E-state index < -0.39 is 0 Å². The molecule has 1 fully saturated rings. The molecule has 0 aliphatic carbocycles. The van der Waals surface area contributed by atoms with Gasteiger partial charge >= 0.3 is 0 Å². The minimum absolute atomic E-state index is 0.121. The third kappa shape index (κ3) is 5.43. The second-order valence-corrected chi connectivity index (χ2v) is 6.72. The van der Waals surface area contributed by atoms with E-state index in [4.69, 9.17) is 0 Å². The molecular weight excluding hydrogens is 274 g/mol. The topological polar surface area (TPSA) is 44.4 Å². The van der Waals surface area contributed by atoms with Crippen molar-refractivity contribution in [2.75, 3.05) is 39.3 Å². The minimum atomic E-state index is -0.121. The first-order chi connectivity index (χ1) is 10.6. The van der Waals surface area contributed by atoms with Crippen LogP contribution in [-0.4, -0.2) is 50.1 Å². The van der Waals surface area contributed by atoms with Gasteiger partial charge in [-0.1, -0.05) is 44.2 Å². The fourth-order valence-corrected chi connectivity index (χ4v) is 2.92. The summed E-state index contributed by atoms with van der Waals surface area (Å²) in [5.74, 6) is 0.147. The summed E-state index contributed by atoms with van der Waals surface area (Å²) in [6.45, 7) is 10.5. The van der Waals surface area contributed by atoms with E-state index in [9.17, 15) is 4.79 Å². The fourth-order valence-electron chi connectivity index (χ4n) is 2.92. The van der Waals surface area contributed by atoms with Gasteiger partial charge < -0.3 is 15.5 Å². The Morgan fingerprint density at radius 1 is 1.23 bits per heavy atom. The predicted octanol–water partition coefficient (Wildman–Crippen LogP) is 1.77. The summed E-state index contributed by atoms with van der Waals surface area (Å²) in [5.41, 5.74) is 1.09. The summed E-state index contributed by atoms with van der Waals surface area (Å²) < 4.78 is 0. The van der Waals surface area contributed by atoms with Crippen molar-refractivity contribution >= 4 is 5.91 Å². The van der Waals surface area contributed by atoms with Crippen LogP contribution in [0.25, 0.3) is 0 Å². The quantitative estimate of drug-likeness (QED) is 0.755. The third-order valence-electron chi connectivity index (χ3n) is 4.34. The van der Waals surface area contributed by atoms with Gasteiger partial charge in [-0.15, -0.1) is 0 Å². The number of amides is 1. The van der Waals surface area contributed by atoms with Crippen LogP contribution < -0.4 is 10.6 Å². The summed E-state index contributed by atoms with van der Waals surface area (Å²) in [4.78, 5) is 14.6. The molecule has 2 rings (SSSR count). The largest absolute Gasteiger partial charge is 0.356 e. The molecule has 0 saturated carbocycles. The maximum absolute atomic E-state index is 12.1. The lowest BCUT2D eigenvalue weighted by atomic mass is 9.81. The Labute approximate surface area is 134 Å². The first-order valence-corrected chi connectivity index (χ1v) is 8.33. The van der Waals surface area contributed by atoms with E-state index in [2.05, 4.69) is 41.5 Å². The fraction of sp³-hybridized carbons (Fsp3) is 0.611. The molecule has 0 atom stereocenters. The normalized spacial score (nSPS) is 16.5. The molecule has 0 spiro atoms. The molecule has 1 amide bonds. The lowest BCUT2D eigenvalue weighted by molar-refractivity contribution is -0.122. The first-order valence-electron chi connectivity index (χ1n) is 8.33. The van der Waals surface area contributed by atoms with Crippen molar-refractivity contribution in [3.8, 4) is 0 Å². The zero-order valence-electron chi connectivity index (χ0n) is 13.9. The SMILES string of the molecule is CC(C)(CC(=O)NCCCN1CCNCC1)c1ccccc1. The van der Waals surface area contributed by atoms with Gasteiger partial charge in [-0.25, -0.2) is 0 Å². The van der Waals surface area contributed by atoms with Crippen molar-refractivity contribution in [3.05, 3.63) is 35.9 Å². The van der Waals surface area contributed by atoms with Gasteiger partial charge in [0, 0.05) is 39.1 Å². The zero-order valence-corrected chi connectivity index (χ0v) is 13.9. The highest BCUT2D eigenvalue weighted by Gasteiger charge is 2.23. The van der Waals surface area contributed by atoms with Crippen LogP contribution >= 0.6 is 0 Å².